The van der Waals surface area contributed by atoms with E-state index in [1.54, 1.807) is 0 Å². The average molecular weight is 287 g/mol. The van der Waals surface area contributed by atoms with Gasteiger partial charge in [0.25, 0.3) is 0 Å². The first-order chi connectivity index (χ1) is 9.63. The van der Waals surface area contributed by atoms with Gasteiger partial charge in [-0.2, -0.15) is 0 Å². The Kier molecular flexibility index (Phi) is 2.99. The Morgan fingerprint density at radius 1 is 1.20 bits per heavy atom. The minimum Gasteiger partial charge on any atom is -0.384 e. The fraction of sp³-hybridized carbons (Fsp3) is 0. The smallest absolute Gasteiger partial charge is 0.301 e. The normalized spacial score (nSPS) is 10.8. The van der Waals surface area contributed by atoms with Gasteiger partial charge in [-0.3, -0.25) is 10.1 Å². The summed E-state index contributed by atoms with van der Waals surface area (Å²) in [5.41, 5.74) is 7.14. The lowest BCUT2D eigenvalue weighted by atomic mass is 10.3. The number of anilines is 1. The van der Waals surface area contributed by atoms with Crippen LogP contribution in [-0.4, -0.2) is 19.9 Å². The number of hydrogen-bond acceptors (Lipinski definition) is 6. The van der Waals surface area contributed by atoms with E-state index in [-0.39, 0.29) is 16.5 Å². The number of aromatic amines is 1. The van der Waals surface area contributed by atoms with E-state index in [9.17, 15) is 10.1 Å². The van der Waals surface area contributed by atoms with E-state index in [0.717, 1.165) is 22.8 Å². The molecule has 20 heavy (non-hydrogen) atoms. The number of nitrogens with two attached hydrogens (primary N) is 1. The maximum atomic E-state index is 11.0. The van der Waals surface area contributed by atoms with Crippen molar-refractivity contribution in [3.63, 3.8) is 0 Å². The van der Waals surface area contributed by atoms with Crippen LogP contribution in [0.25, 0.3) is 11.0 Å². The quantitative estimate of drug-likeness (QED) is 0.565. The van der Waals surface area contributed by atoms with E-state index in [4.69, 9.17) is 5.73 Å². The van der Waals surface area contributed by atoms with Gasteiger partial charge in [-0.15, -0.1) is 0 Å². The fourth-order valence-electron chi connectivity index (χ4n) is 1.73. The van der Waals surface area contributed by atoms with Crippen molar-refractivity contribution in [3.8, 4) is 0 Å². The third-order valence-electron chi connectivity index (χ3n) is 2.62. The molecule has 0 saturated carbocycles. The molecule has 1 aromatic carbocycles. The van der Waals surface area contributed by atoms with Gasteiger partial charge in [0.2, 0.25) is 0 Å². The highest BCUT2D eigenvalue weighted by molar-refractivity contribution is 7.99. The SMILES string of the molecule is Nc1ccc([N+](=O)[O-])c(Sc2nc3ccccc3[nH]2)n1. The molecule has 0 fully saturated rings. The number of H-pyrrole nitrogens is 1. The topological polar surface area (TPSA) is 111 Å². The van der Waals surface area contributed by atoms with Crippen LogP contribution in [-0.2, 0) is 0 Å². The van der Waals surface area contributed by atoms with Gasteiger partial charge in [0.15, 0.2) is 10.2 Å². The van der Waals surface area contributed by atoms with E-state index in [1.807, 2.05) is 24.3 Å². The maximum Gasteiger partial charge on any atom is 0.301 e. The Hall–Kier alpha value is -2.61. The van der Waals surface area contributed by atoms with Gasteiger partial charge in [0, 0.05) is 6.07 Å². The van der Waals surface area contributed by atoms with Crippen molar-refractivity contribution in [3.05, 3.63) is 46.5 Å². The number of benzene rings is 1. The van der Waals surface area contributed by atoms with Crippen molar-refractivity contribution in [2.75, 3.05) is 5.73 Å². The van der Waals surface area contributed by atoms with Crippen molar-refractivity contribution in [1.82, 2.24) is 15.0 Å². The third kappa shape index (κ3) is 2.28. The summed E-state index contributed by atoms with van der Waals surface area (Å²) in [5.74, 6) is 0.231. The number of nitrogens with zero attached hydrogens (tertiary/aromatic N) is 3. The molecule has 0 unspecified atom stereocenters. The molecule has 0 spiro atoms. The highest BCUT2D eigenvalue weighted by Crippen LogP contribution is 2.33. The highest BCUT2D eigenvalue weighted by Gasteiger charge is 2.18. The summed E-state index contributed by atoms with van der Waals surface area (Å²) in [7, 11) is 0. The lowest BCUT2D eigenvalue weighted by molar-refractivity contribution is -0.388. The van der Waals surface area contributed by atoms with Crippen molar-refractivity contribution >= 4 is 34.3 Å². The van der Waals surface area contributed by atoms with Gasteiger partial charge >= 0.3 is 5.69 Å². The van der Waals surface area contributed by atoms with Gasteiger partial charge in [-0.1, -0.05) is 12.1 Å². The summed E-state index contributed by atoms with van der Waals surface area (Å²) >= 11 is 1.08. The predicted octanol–water partition coefficient (Wildman–Crippen LogP) is 2.60. The molecule has 100 valence electrons. The zero-order valence-corrected chi connectivity index (χ0v) is 10.9. The van der Waals surface area contributed by atoms with Crippen molar-refractivity contribution in [2.24, 2.45) is 0 Å². The Bertz CT molecular complexity index is 768. The molecule has 0 saturated heterocycles. The summed E-state index contributed by atoms with van der Waals surface area (Å²) in [6.45, 7) is 0. The monoisotopic (exact) mass is 287 g/mol. The first-order valence-corrected chi connectivity index (χ1v) is 6.48. The third-order valence-corrected chi connectivity index (χ3v) is 3.50. The molecule has 0 radical (unpaired) electrons. The number of para-hydroxylation sites is 2. The van der Waals surface area contributed by atoms with E-state index >= 15 is 0 Å². The lowest BCUT2D eigenvalue weighted by Gasteiger charge is -2.00. The number of aromatic nitrogens is 3. The number of nitrogens with one attached hydrogen (secondary N) is 1. The Morgan fingerprint density at radius 2 is 2.00 bits per heavy atom. The van der Waals surface area contributed by atoms with Crippen LogP contribution in [0.1, 0.15) is 0 Å². The van der Waals surface area contributed by atoms with Crippen LogP contribution < -0.4 is 5.73 Å². The molecular formula is C12H9N5O2S. The van der Waals surface area contributed by atoms with Crippen LogP contribution in [0.4, 0.5) is 11.5 Å². The summed E-state index contributed by atoms with van der Waals surface area (Å²) < 4.78 is 0. The second kappa shape index (κ2) is 4.82. The predicted molar refractivity (Wildman–Crippen MR) is 75.5 cm³/mol. The molecule has 0 aliphatic rings. The van der Waals surface area contributed by atoms with E-state index in [0.29, 0.717) is 5.16 Å². The molecule has 2 heterocycles. The summed E-state index contributed by atoms with van der Waals surface area (Å²) in [6, 6.07) is 10.2. The van der Waals surface area contributed by atoms with Crippen LogP contribution in [0.15, 0.2) is 46.6 Å². The standard InChI is InChI=1S/C12H9N5O2S/c13-10-6-5-9(17(18)19)11(16-10)20-12-14-7-3-1-2-4-8(7)15-12/h1-6H,(H2,13,16)(H,14,15). The fourth-order valence-corrected chi connectivity index (χ4v) is 2.62. The first-order valence-electron chi connectivity index (χ1n) is 5.67. The second-order valence-electron chi connectivity index (χ2n) is 3.98. The molecular weight excluding hydrogens is 278 g/mol. The largest absolute Gasteiger partial charge is 0.384 e. The molecule has 3 N–H and O–H groups in total. The Balaban J connectivity index is 2.01. The number of imidazole rings is 1. The molecule has 3 aromatic rings. The number of fused-ring (bicyclic) bond motifs is 1. The number of pyridine rings is 1. The van der Waals surface area contributed by atoms with Crippen molar-refractivity contribution < 1.29 is 4.92 Å². The second-order valence-corrected chi connectivity index (χ2v) is 4.96. The van der Waals surface area contributed by atoms with Crippen LogP contribution in [0.2, 0.25) is 0 Å². The first kappa shape index (κ1) is 12.4. The van der Waals surface area contributed by atoms with Gasteiger partial charge in [0.05, 0.1) is 16.0 Å². The number of rotatable bonds is 3. The molecule has 0 bridgehead atoms. The molecule has 3 rings (SSSR count). The Morgan fingerprint density at radius 3 is 2.75 bits per heavy atom. The molecule has 8 heteroatoms. The van der Waals surface area contributed by atoms with Crippen LogP contribution in [0, 0.1) is 10.1 Å². The summed E-state index contributed by atoms with van der Waals surface area (Å²) in [6.07, 6.45) is 0. The minimum atomic E-state index is -0.489. The summed E-state index contributed by atoms with van der Waals surface area (Å²) in [5, 5.41) is 11.7. The lowest BCUT2D eigenvalue weighted by Crippen LogP contribution is -1.97. The average Bonchev–Trinajstić information content (AvgIpc) is 2.80. The highest BCUT2D eigenvalue weighted by atomic mass is 32.2. The molecule has 0 aliphatic heterocycles. The van der Waals surface area contributed by atoms with Gasteiger partial charge in [0.1, 0.15) is 5.82 Å². The number of nitrogen functional groups attached to an aromatic ring is 1. The van der Waals surface area contributed by atoms with Gasteiger partial charge in [-0.05, 0) is 30.0 Å². The van der Waals surface area contributed by atoms with Gasteiger partial charge in [-0.25, -0.2) is 9.97 Å². The number of nitro groups is 1. The van der Waals surface area contributed by atoms with E-state index in [1.165, 1.54) is 12.1 Å². The van der Waals surface area contributed by atoms with Crippen LogP contribution in [0.3, 0.4) is 0 Å². The molecule has 2 aromatic heterocycles. The van der Waals surface area contributed by atoms with E-state index < -0.39 is 4.92 Å². The van der Waals surface area contributed by atoms with Gasteiger partial charge < -0.3 is 10.7 Å². The zero-order valence-electron chi connectivity index (χ0n) is 10.1. The van der Waals surface area contributed by atoms with E-state index in [2.05, 4.69) is 15.0 Å². The van der Waals surface area contributed by atoms with Crippen LogP contribution in [0.5, 0.6) is 0 Å². The molecule has 0 aliphatic carbocycles. The number of hydrogen-bond donors (Lipinski definition) is 2. The van der Waals surface area contributed by atoms with Crippen molar-refractivity contribution in [2.45, 2.75) is 10.2 Å². The minimum absolute atomic E-state index is 0.0929. The molecule has 0 amide bonds. The molecule has 0 atom stereocenters. The summed E-state index contributed by atoms with van der Waals surface area (Å²) in [4.78, 5) is 21.9. The van der Waals surface area contributed by atoms with Crippen LogP contribution >= 0.6 is 11.8 Å². The maximum absolute atomic E-state index is 11.0. The Labute approximate surface area is 117 Å². The van der Waals surface area contributed by atoms with Crippen molar-refractivity contribution in [1.29, 1.82) is 0 Å². The zero-order chi connectivity index (χ0) is 14.1. The molecule has 7 nitrogen and oxygen atoms in total.